The average molecular weight is 492 g/mol. The number of hydrogen-bond donors (Lipinski definition) is 1. The Labute approximate surface area is 203 Å². The number of aryl methyl sites for hydroxylation is 2. The van der Waals surface area contributed by atoms with Gasteiger partial charge in [-0.1, -0.05) is 26.0 Å². The fourth-order valence-electron chi connectivity index (χ4n) is 4.03. The van der Waals surface area contributed by atoms with Gasteiger partial charge in [0.25, 0.3) is 0 Å². The van der Waals surface area contributed by atoms with Crippen LogP contribution in [0.25, 0.3) is 0 Å². The summed E-state index contributed by atoms with van der Waals surface area (Å²) in [7, 11) is -0.232. The summed E-state index contributed by atoms with van der Waals surface area (Å²) in [5.74, 6) is 0.907. The van der Waals surface area contributed by atoms with Gasteiger partial charge in [0.2, 0.25) is 15.9 Å². The molecule has 188 valence electrons. The van der Waals surface area contributed by atoms with Crippen LogP contribution in [0.3, 0.4) is 0 Å². The van der Waals surface area contributed by atoms with Crippen LogP contribution in [0.1, 0.15) is 37.5 Å². The third-order valence-electron chi connectivity index (χ3n) is 5.44. The number of methoxy groups -OCH3 is 1. The lowest BCUT2D eigenvalue weighted by molar-refractivity contribution is -0.117. The number of nitrogens with zero attached hydrogens (tertiary/aromatic N) is 2. The minimum absolute atomic E-state index is 0.0494. The van der Waals surface area contributed by atoms with Crippen molar-refractivity contribution in [2.24, 2.45) is 0 Å². The fraction of sp³-hybridized carbons (Fsp3) is 0.480. The maximum Gasteiger partial charge on any atom is 0.246 e. The van der Waals surface area contributed by atoms with E-state index in [1.165, 1.54) is 10.4 Å². The Bertz CT molecular complexity index is 1070. The van der Waals surface area contributed by atoms with Crippen molar-refractivity contribution in [2.45, 2.75) is 46.1 Å². The number of carbonyl (C=O) groups is 1. The number of benzene rings is 2. The molecule has 2 aromatic rings. The highest BCUT2D eigenvalue weighted by atomic mass is 32.2. The molecule has 2 aromatic carbocycles. The Kier molecular flexibility index (Phi) is 9.90. The highest BCUT2D eigenvalue weighted by Gasteiger charge is 2.26. The summed E-state index contributed by atoms with van der Waals surface area (Å²) in [4.78, 5) is 14.7. The van der Waals surface area contributed by atoms with E-state index in [0.29, 0.717) is 31.9 Å². The molecular formula is C25H37N3O5S. The van der Waals surface area contributed by atoms with Gasteiger partial charge in [-0.3, -0.25) is 9.69 Å². The van der Waals surface area contributed by atoms with Crippen molar-refractivity contribution >= 4 is 21.6 Å². The molecule has 9 heteroatoms. The summed E-state index contributed by atoms with van der Waals surface area (Å²) in [6.45, 7) is 11.1. The second-order valence-corrected chi connectivity index (χ2v) is 10.1. The SMILES string of the molecule is CCOc1ccc(NC(=O)CN(C)Cc2cc(C)c(OC)c(C)c2)cc1S(=O)(=O)N(CC)CC. The lowest BCUT2D eigenvalue weighted by Gasteiger charge is -2.21. The first-order valence-electron chi connectivity index (χ1n) is 11.5. The molecule has 0 aliphatic heterocycles. The number of carbonyl (C=O) groups excluding carboxylic acids is 1. The molecule has 0 unspecified atom stereocenters. The Morgan fingerprint density at radius 1 is 1.03 bits per heavy atom. The van der Waals surface area contributed by atoms with Gasteiger partial charge in [0.1, 0.15) is 16.4 Å². The van der Waals surface area contributed by atoms with Crippen molar-refractivity contribution in [3.63, 3.8) is 0 Å². The molecule has 1 N–H and O–H groups in total. The topological polar surface area (TPSA) is 88.2 Å². The van der Waals surface area contributed by atoms with Crippen molar-refractivity contribution in [2.75, 3.05) is 45.7 Å². The van der Waals surface area contributed by atoms with Crippen molar-refractivity contribution in [3.8, 4) is 11.5 Å². The summed E-state index contributed by atoms with van der Waals surface area (Å²) < 4.78 is 38.6. The molecule has 0 aliphatic rings. The van der Waals surface area contributed by atoms with Crippen LogP contribution >= 0.6 is 0 Å². The van der Waals surface area contributed by atoms with Gasteiger partial charge in [-0.25, -0.2) is 8.42 Å². The molecule has 0 saturated carbocycles. The Balaban J connectivity index is 2.16. The Morgan fingerprint density at radius 2 is 1.65 bits per heavy atom. The van der Waals surface area contributed by atoms with Crippen LogP contribution in [0.2, 0.25) is 0 Å². The van der Waals surface area contributed by atoms with E-state index in [-0.39, 0.29) is 23.1 Å². The van der Waals surface area contributed by atoms with Gasteiger partial charge >= 0.3 is 0 Å². The molecular weight excluding hydrogens is 454 g/mol. The second-order valence-electron chi connectivity index (χ2n) is 8.17. The van der Waals surface area contributed by atoms with Crippen molar-refractivity contribution in [3.05, 3.63) is 47.0 Å². The van der Waals surface area contributed by atoms with E-state index >= 15 is 0 Å². The van der Waals surface area contributed by atoms with Gasteiger partial charge in [0, 0.05) is 25.3 Å². The maximum atomic E-state index is 13.1. The average Bonchev–Trinajstić information content (AvgIpc) is 2.75. The van der Waals surface area contributed by atoms with E-state index in [4.69, 9.17) is 9.47 Å². The fourth-order valence-corrected chi connectivity index (χ4v) is 5.65. The third kappa shape index (κ3) is 6.71. The maximum absolute atomic E-state index is 13.1. The molecule has 1 amide bonds. The minimum Gasteiger partial charge on any atom is -0.496 e. The van der Waals surface area contributed by atoms with E-state index < -0.39 is 10.0 Å². The molecule has 2 rings (SSSR count). The van der Waals surface area contributed by atoms with Crippen molar-refractivity contribution in [1.29, 1.82) is 0 Å². The van der Waals surface area contributed by atoms with Crippen molar-refractivity contribution in [1.82, 2.24) is 9.21 Å². The van der Waals surface area contributed by atoms with Gasteiger partial charge in [0.15, 0.2) is 0 Å². The predicted molar refractivity (Wildman–Crippen MR) is 135 cm³/mol. The smallest absolute Gasteiger partial charge is 0.246 e. The third-order valence-corrected chi connectivity index (χ3v) is 7.51. The molecule has 0 spiro atoms. The number of rotatable bonds is 12. The number of sulfonamides is 1. The van der Waals surface area contributed by atoms with Gasteiger partial charge in [-0.2, -0.15) is 4.31 Å². The zero-order valence-electron chi connectivity index (χ0n) is 21.3. The molecule has 0 bridgehead atoms. The summed E-state index contributed by atoms with van der Waals surface area (Å²) in [6.07, 6.45) is 0. The Morgan fingerprint density at radius 3 is 2.18 bits per heavy atom. The first kappa shape index (κ1) is 27.6. The second kappa shape index (κ2) is 12.2. The summed E-state index contributed by atoms with van der Waals surface area (Å²) in [6, 6.07) is 8.81. The van der Waals surface area contributed by atoms with Gasteiger partial charge < -0.3 is 14.8 Å². The van der Waals surface area contributed by atoms with Crippen LogP contribution in [-0.4, -0.2) is 63.9 Å². The molecule has 0 radical (unpaired) electrons. The highest BCUT2D eigenvalue weighted by molar-refractivity contribution is 7.89. The first-order valence-corrected chi connectivity index (χ1v) is 12.9. The van der Waals surface area contributed by atoms with Crippen LogP contribution < -0.4 is 14.8 Å². The van der Waals surface area contributed by atoms with E-state index in [2.05, 4.69) is 17.4 Å². The van der Waals surface area contributed by atoms with Crippen LogP contribution in [0.5, 0.6) is 11.5 Å². The zero-order chi connectivity index (χ0) is 25.5. The Hall–Kier alpha value is -2.62. The highest BCUT2D eigenvalue weighted by Crippen LogP contribution is 2.30. The number of anilines is 1. The van der Waals surface area contributed by atoms with Gasteiger partial charge in [-0.05, 0) is 62.7 Å². The first-order chi connectivity index (χ1) is 16.1. The van der Waals surface area contributed by atoms with E-state index in [1.54, 1.807) is 40.0 Å². The van der Waals surface area contributed by atoms with E-state index in [9.17, 15) is 13.2 Å². The number of amides is 1. The summed E-state index contributed by atoms with van der Waals surface area (Å²) in [5, 5.41) is 2.82. The molecule has 0 atom stereocenters. The summed E-state index contributed by atoms with van der Waals surface area (Å²) in [5.41, 5.74) is 3.59. The van der Waals surface area contributed by atoms with Crippen LogP contribution in [0, 0.1) is 13.8 Å². The quantitative estimate of drug-likeness (QED) is 0.486. The van der Waals surface area contributed by atoms with Gasteiger partial charge in [0.05, 0.1) is 20.3 Å². The number of hydrogen-bond acceptors (Lipinski definition) is 6. The van der Waals surface area contributed by atoms with Crippen molar-refractivity contribution < 1.29 is 22.7 Å². The molecule has 0 fully saturated rings. The lowest BCUT2D eigenvalue weighted by atomic mass is 10.1. The van der Waals surface area contributed by atoms with Crippen LogP contribution in [-0.2, 0) is 21.4 Å². The largest absolute Gasteiger partial charge is 0.496 e. The predicted octanol–water partition coefficient (Wildman–Crippen LogP) is 3.81. The number of ether oxygens (including phenoxy) is 2. The molecule has 8 nitrogen and oxygen atoms in total. The lowest BCUT2D eigenvalue weighted by Crippen LogP contribution is -2.31. The van der Waals surface area contributed by atoms with E-state index in [0.717, 1.165) is 22.4 Å². The summed E-state index contributed by atoms with van der Waals surface area (Å²) >= 11 is 0. The minimum atomic E-state index is -3.75. The number of likely N-dealkylation sites (N-methyl/N-ethyl adjacent to an activating group) is 1. The molecule has 0 aromatic heterocycles. The van der Waals surface area contributed by atoms with Gasteiger partial charge in [-0.15, -0.1) is 0 Å². The van der Waals surface area contributed by atoms with Crippen LogP contribution in [0.4, 0.5) is 5.69 Å². The van der Waals surface area contributed by atoms with E-state index in [1.807, 2.05) is 25.8 Å². The van der Waals surface area contributed by atoms with Crippen LogP contribution in [0.15, 0.2) is 35.2 Å². The molecule has 0 aliphatic carbocycles. The molecule has 0 heterocycles. The molecule has 0 saturated heterocycles. The monoisotopic (exact) mass is 491 g/mol. The zero-order valence-corrected chi connectivity index (χ0v) is 22.1. The molecule has 34 heavy (non-hydrogen) atoms. The number of nitrogens with one attached hydrogen (secondary N) is 1. The standard InChI is InChI=1S/C25H37N3O5S/c1-8-28(9-2)34(30,31)23-15-21(11-12-22(23)33-10-3)26-24(29)17-27(6)16-20-13-18(4)25(32-7)19(5)14-20/h11-15H,8-10,16-17H2,1-7H3,(H,26,29). The normalized spacial score (nSPS) is 11.7.